The minimum atomic E-state index is -0.501. The molecule has 0 aliphatic rings. The van der Waals surface area contributed by atoms with Gasteiger partial charge in [-0.25, -0.2) is 10.2 Å². The van der Waals surface area contributed by atoms with Gasteiger partial charge in [0, 0.05) is 5.56 Å². The number of ether oxygens (including phenoxy) is 2. The largest absolute Gasteiger partial charge is 0.481 e. The van der Waals surface area contributed by atoms with Crippen molar-refractivity contribution >= 4 is 18.1 Å². The van der Waals surface area contributed by atoms with Crippen molar-refractivity contribution in [1.29, 1.82) is 5.26 Å². The summed E-state index contributed by atoms with van der Waals surface area (Å²) in [6.07, 6.45) is 1.11. The first kappa shape index (κ1) is 16.2. The van der Waals surface area contributed by atoms with Crippen LogP contribution in [-0.2, 0) is 14.3 Å². The smallest absolute Gasteiger partial charge is 0.344 e. The highest BCUT2D eigenvalue weighted by Gasteiger charge is 2.06. The first-order chi connectivity index (χ1) is 10.2. The van der Waals surface area contributed by atoms with Crippen molar-refractivity contribution < 1.29 is 19.1 Å². The van der Waals surface area contributed by atoms with Gasteiger partial charge in [0.2, 0.25) is 0 Å². The zero-order chi connectivity index (χ0) is 15.5. The molecule has 1 N–H and O–H groups in total. The number of para-hydroxylation sites is 1. The van der Waals surface area contributed by atoms with E-state index in [0.29, 0.717) is 11.3 Å². The van der Waals surface area contributed by atoms with E-state index in [-0.39, 0.29) is 19.6 Å². The van der Waals surface area contributed by atoms with Crippen LogP contribution in [0.1, 0.15) is 18.9 Å². The second-order valence-corrected chi connectivity index (χ2v) is 3.76. The number of nitriles is 1. The lowest BCUT2D eigenvalue weighted by Gasteiger charge is -2.08. The number of carbonyl (C=O) groups is 2. The topological polar surface area (TPSA) is 101 Å². The maximum absolute atomic E-state index is 11.2. The Bertz CT molecular complexity index is 564. The number of rotatable bonds is 7. The van der Waals surface area contributed by atoms with Crippen LogP contribution in [0.3, 0.4) is 0 Å². The van der Waals surface area contributed by atoms with Crippen LogP contribution in [0.5, 0.6) is 5.75 Å². The van der Waals surface area contributed by atoms with Crippen LogP contribution in [0.25, 0.3) is 0 Å². The Morgan fingerprint density at radius 3 is 2.90 bits per heavy atom. The standard InChI is InChI=1S/C14H15N3O4/c1-2-20-14(19)10-21-12-6-4-3-5-11(12)9-16-17-13(18)7-8-15/h3-6,9H,2,7,10H2,1H3,(H,17,18). The highest BCUT2D eigenvalue weighted by molar-refractivity contribution is 5.85. The Morgan fingerprint density at radius 2 is 2.19 bits per heavy atom. The van der Waals surface area contributed by atoms with E-state index in [1.807, 2.05) is 0 Å². The third-order valence-electron chi connectivity index (χ3n) is 2.20. The number of esters is 1. The molecule has 0 bridgehead atoms. The molecule has 0 saturated heterocycles. The van der Waals surface area contributed by atoms with Crippen molar-refractivity contribution in [2.45, 2.75) is 13.3 Å². The Kier molecular flexibility index (Phi) is 7.00. The molecule has 1 aromatic carbocycles. The average Bonchev–Trinajstić information content (AvgIpc) is 2.47. The first-order valence-electron chi connectivity index (χ1n) is 6.23. The number of carbonyl (C=O) groups excluding carboxylic acids is 2. The molecular formula is C14H15N3O4. The fraction of sp³-hybridized carbons (Fsp3) is 0.286. The molecule has 1 aromatic rings. The molecule has 110 valence electrons. The van der Waals surface area contributed by atoms with Gasteiger partial charge in [-0.15, -0.1) is 0 Å². The summed E-state index contributed by atoms with van der Waals surface area (Å²) in [7, 11) is 0. The molecule has 7 nitrogen and oxygen atoms in total. The maximum Gasteiger partial charge on any atom is 0.344 e. The minimum absolute atomic E-state index is 0.209. The number of hydrazone groups is 1. The molecule has 0 fully saturated rings. The van der Waals surface area contributed by atoms with Crippen LogP contribution < -0.4 is 10.2 Å². The first-order valence-corrected chi connectivity index (χ1v) is 6.23. The lowest BCUT2D eigenvalue weighted by molar-refractivity contribution is -0.145. The molecule has 0 unspecified atom stereocenters. The predicted molar refractivity (Wildman–Crippen MR) is 74.5 cm³/mol. The average molecular weight is 289 g/mol. The summed E-state index contributed by atoms with van der Waals surface area (Å²) in [6.45, 7) is 1.79. The van der Waals surface area contributed by atoms with Crippen molar-refractivity contribution in [3.8, 4) is 11.8 Å². The van der Waals surface area contributed by atoms with Gasteiger partial charge in [0.15, 0.2) is 6.61 Å². The summed E-state index contributed by atoms with van der Waals surface area (Å²) in [5, 5.41) is 12.0. The maximum atomic E-state index is 11.2. The summed E-state index contributed by atoms with van der Waals surface area (Å²) >= 11 is 0. The fourth-order valence-corrected chi connectivity index (χ4v) is 1.34. The summed E-state index contributed by atoms with van der Waals surface area (Å²) in [4.78, 5) is 22.3. The van der Waals surface area contributed by atoms with E-state index in [4.69, 9.17) is 14.7 Å². The second-order valence-electron chi connectivity index (χ2n) is 3.76. The van der Waals surface area contributed by atoms with Crippen molar-refractivity contribution in [2.75, 3.05) is 13.2 Å². The monoisotopic (exact) mass is 289 g/mol. The zero-order valence-electron chi connectivity index (χ0n) is 11.5. The van der Waals surface area contributed by atoms with Crippen molar-refractivity contribution in [3.05, 3.63) is 29.8 Å². The van der Waals surface area contributed by atoms with Gasteiger partial charge in [0.1, 0.15) is 12.2 Å². The highest BCUT2D eigenvalue weighted by atomic mass is 16.6. The summed E-state index contributed by atoms with van der Waals surface area (Å²) in [5.74, 6) is -0.533. The lowest BCUT2D eigenvalue weighted by Crippen LogP contribution is -2.17. The van der Waals surface area contributed by atoms with Crippen molar-refractivity contribution in [3.63, 3.8) is 0 Å². The van der Waals surface area contributed by atoms with Gasteiger partial charge in [-0.1, -0.05) is 12.1 Å². The molecule has 0 saturated carbocycles. The van der Waals surface area contributed by atoms with Crippen LogP contribution >= 0.6 is 0 Å². The Balaban J connectivity index is 2.62. The highest BCUT2D eigenvalue weighted by Crippen LogP contribution is 2.15. The number of nitrogens with zero attached hydrogens (tertiary/aromatic N) is 2. The number of benzene rings is 1. The van der Waals surface area contributed by atoms with E-state index in [1.165, 1.54) is 6.21 Å². The predicted octanol–water partition coefficient (Wildman–Crippen LogP) is 0.992. The van der Waals surface area contributed by atoms with Crippen LogP contribution in [0.4, 0.5) is 0 Å². The summed E-state index contributed by atoms with van der Waals surface area (Å²) < 4.78 is 10.1. The molecule has 0 heterocycles. The Morgan fingerprint density at radius 1 is 1.43 bits per heavy atom. The molecule has 1 rings (SSSR count). The van der Waals surface area contributed by atoms with Crippen LogP contribution in [0.15, 0.2) is 29.4 Å². The van der Waals surface area contributed by atoms with Crippen molar-refractivity contribution in [2.24, 2.45) is 5.10 Å². The SMILES string of the molecule is CCOC(=O)COc1ccccc1C=NNC(=O)CC#N. The van der Waals surface area contributed by atoms with E-state index in [9.17, 15) is 9.59 Å². The molecule has 0 aliphatic heterocycles. The van der Waals surface area contributed by atoms with Gasteiger partial charge in [-0.3, -0.25) is 4.79 Å². The van der Waals surface area contributed by atoms with E-state index in [1.54, 1.807) is 37.3 Å². The molecular weight excluding hydrogens is 274 g/mol. The van der Waals surface area contributed by atoms with Gasteiger partial charge in [-0.2, -0.15) is 10.4 Å². The fourth-order valence-electron chi connectivity index (χ4n) is 1.34. The van der Waals surface area contributed by atoms with Crippen molar-refractivity contribution in [1.82, 2.24) is 5.43 Å². The Hall–Kier alpha value is -2.88. The van der Waals surface area contributed by atoms with Gasteiger partial charge >= 0.3 is 5.97 Å². The van der Waals surface area contributed by atoms with E-state index >= 15 is 0 Å². The number of amides is 1. The van der Waals surface area contributed by atoms with E-state index in [2.05, 4.69) is 10.5 Å². The molecule has 0 radical (unpaired) electrons. The molecule has 7 heteroatoms. The molecule has 0 aliphatic carbocycles. The quantitative estimate of drug-likeness (QED) is 0.458. The lowest BCUT2D eigenvalue weighted by atomic mass is 10.2. The van der Waals surface area contributed by atoms with Gasteiger partial charge in [-0.05, 0) is 19.1 Å². The van der Waals surface area contributed by atoms with Gasteiger partial charge < -0.3 is 9.47 Å². The molecule has 21 heavy (non-hydrogen) atoms. The number of hydrogen-bond donors (Lipinski definition) is 1. The van der Waals surface area contributed by atoms with E-state index in [0.717, 1.165) is 0 Å². The normalized spacial score (nSPS) is 9.90. The molecule has 0 spiro atoms. The van der Waals surface area contributed by atoms with Crippen LogP contribution in [0.2, 0.25) is 0 Å². The van der Waals surface area contributed by atoms with E-state index < -0.39 is 11.9 Å². The number of hydrogen-bond acceptors (Lipinski definition) is 6. The zero-order valence-corrected chi connectivity index (χ0v) is 11.5. The summed E-state index contributed by atoms with van der Waals surface area (Å²) in [5.41, 5.74) is 2.79. The molecule has 1 amide bonds. The summed E-state index contributed by atoms with van der Waals surface area (Å²) in [6, 6.07) is 8.59. The van der Waals surface area contributed by atoms with Crippen LogP contribution in [-0.4, -0.2) is 31.3 Å². The molecule has 0 atom stereocenters. The second kappa shape index (κ2) is 9.09. The van der Waals surface area contributed by atoms with Crippen LogP contribution in [0, 0.1) is 11.3 Å². The Labute approximate surface area is 122 Å². The molecule has 0 aromatic heterocycles. The third kappa shape index (κ3) is 6.20. The minimum Gasteiger partial charge on any atom is -0.481 e. The van der Waals surface area contributed by atoms with Gasteiger partial charge in [0.25, 0.3) is 5.91 Å². The number of nitrogens with one attached hydrogen (secondary N) is 1. The van der Waals surface area contributed by atoms with Gasteiger partial charge in [0.05, 0.1) is 18.9 Å². The third-order valence-corrected chi connectivity index (χ3v) is 2.20.